The van der Waals surface area contributed by atoms with Crippen molar-refractivity contribution in [1.82, 2.24) is 4.90 Å². The minimum Gasteiger partial charge on any atom is -0.491 e. The van der Waals surface area contributed by atoms with Gasteiger partial charge in [-0.25, -0.2) is 0 Å². The van der Waals surface area contributed by atoms with Crippen LogP contribution in [-0.4, -0.2) is 42.4 Å². The van der Waals surface area contributed by atoms with Gasteiger partial charge in [0, 0.05) is 12.6 Å². The van der Waals surface area contributed by atoms with Gasteiger partial charge in [0.05, 0.1) is 5.39 Å². The van der Waals surface area contributed by atoms with Crippen LogP contribution in [0.3, 0.4) is 0 Å². The van der Waals surface area contributed by atoms with Crippen molar-refractivity contribution in [3.8, 4) is 17.2 Å². The van der Waals surface area contributed by atoms with Crippen LogP contribution < -0.4 is 14.9 Å². The number of nitrogens with zero attached hydrogens (tertiary/aromatic N) is 1. The summed E-state index contributed by atoms with van der Waals surface area (Å²) >= 11 is 0. The van der Waals surface area contributed by atoms with Crippen molar-refractivity contribution in [2.75, 3.05) is 26.2 Å². The van der Waals surface area contributed by atoms with E-state index in [2.05, 4.69) is 4.90 Å². The molecule has 1 aliphatic heterocycles. The van der Waals surface area contributed by atoms with E-state index in [9.17, 15) is 9.90 Å². The zero-order valence-corrected chi connectivity index (χ0v) is 17.4. The Labute approximate surface area is 175 Å². The summed E-state index contributed by atoms with van der Waals surface area (Å²) in [5.74, 6) is 1.29. The Morgan fingerprint density at radius 3 is 2.53 bits per heavy atom. The number of β-amino-alcohol motifs (C(OH)–C–C–N with tert-alkyl or cyclic N) is 1. The topological polar surface area (TPSA) is 72.1 Å². The van der Waals surface area contributed by atoms with Crippen molar-refractivity contribution in [2.45, 2.75) is 32.8 Å². The summed E-state index contributed by atoms with van der Waals surface area (Å²) in [7, 11) is 0. The lowest BCUT2D eigenvalue weighted by Crippen LogP contribution is -2.33. The molecule has 1 saturated heterocycles. The maximum atomic E-state index is 12.8. The van der Waals surface area contributed by atoms with Crippen LogP contribution in [0.4, 0.5) is 0 Å². The summed E-state index contributed by atoms with van der Waals surface area (Å²) in [5.41, 5.74) is 2.29. The second-order valence-electron chi connectivity index (χ2n) is 7.99. The Kier molecular flexibility index (Phi) is 6.06. The second kappa shape index (κ2) is 8.90. The van der Waals surface area contributed by atoms with Crippen LogP contribution in [0.1, 0.15) is 24.0 Å². The minimum absolute atomic E-state index is 0.141. The maximum absolute atomic E-state index is 12.8. The largest absolute Gasteiger partial charge is 0.491 e. The van der Waals surface area contributed by atoms with Gasteiger partial charge in [-0.1, -0.05) is 6.07 Å². The molecule has 1 N–H and O–H groups in total. The summed E-state index contributed by atoms with van der Waals surface area (Å²) in [4.78, 5) is 15.0. The summed E-state index contributed by atoms with van der Waals surface area (Å²) in [6.45, 7) is 6.83. The summed E-state index contributed by atoms with van der Waals surface area (Å²) < 4.78 is 17.1. The molecule has 6 nitrogen and oxygen atoms in total. The van der Waals surface area contributed by atoms with E-state index >= 15 is 0 Å². The predicted molar refractivity (Wildman–Crippen MR) is 116 cm³/mol. The number of hydrogen-bond acceptors (Lipinski definition) is 6. The van der Waals surface area contributed by atoms with Gasteiger partial charge in [0.1, 0.15) is 36.1 Å². The van der Waals surface area contributed by atoms with E-state index in [0.717, 1.165) is 24.2 Å². The third-order valence-electron chi connectivity index (χ3n) is 5.25. The van der Waals surface area contributed by atoms with Gasteiger partial charge in [-0.15, -0.1) is 0 Å². The number of aryl methyl sites for hydroxylation is 2. The number of fused-ring (bicyclic) bond motifs is 1. The van der Waals surface area contributed by atoms with Crippen molar-refractivity contribution in [1.29, 1.82) is 0 Å². The first-order chi connectivity index (χ1) is 14.5. The molecule has 2 aromatic carbocycles. The molecular weight excluding hydrogens is 382 g/mol. The van der Waals surface area contributed by atoms with Crippen LogP contribution in [0.15, 0.2) is 51.9 Å². The standard InChI is InChI=1S/C24H27NO5/c1-16-9-17(2)11-20(10-16)30-23-15-29-22-12-19(5-6-21(22)24(23)27)28-14-18(26)13-25-7-3-4-8-25/h5-6,9-12,15,18,26H,3-4,7-8,13-14H2,1-2H3. The van der Waals surface area contributed by atoms with E-state index in [-0.39, 0.29) is 17.8 Å². The predicted octanol–water partition coefficient (Wildman–Crippen LogP) is 4.04. The lowest BCUT2D eigenvalue weighted by molar-refractivity contribution is 0.0758. The number of rotatable bonds is 7. The molecule has 0 saturated carbocycles. The molecular formula is C24H27NO5. The molecule has 2 heterocycles. The number of benzene rings is 2. The normalized spacial score (nSPS) is 15.4. The first-order valence-corrected chi connectivity index (χ1v) is 10.3. The number of likely N-dealkylation sites (tertiary alicyclic amines) is 1. The van der Waals surface area contributed by atoms with Crippen molar-refractivity contribution >= 4 is 11.0 Å². The molecule has 1 unspecified atom stereocenters. The van der Waals surface area contributed by atoms with Gasteiger partial charge in [0.15, 0.2) is 0 Å². The molecule has 1 aromatic heterocycles. The number of hydrogen-bond donors (Lipinski definition) is 1. The Balaban J connectivity index is 1.46. The highest BCUT2D eigenvalue weighted by molar-refractivity contribution is 5.79. The summed E-state index contributed by atoms with van der Waals surface area (Å²) in [6, 6.07) is 10.8. The zero-order chi connectivity index (χ0) is 21.1. The van der Waals surface area contributed by atoms with Crippen molar-refractivity contribution in [3.63, 3.8) is 0 Å². The van der Waals surface area contributed by atoms with E-state index in [4.69, 9.17) is 13.9 Å². The summed E-state index contributed by atoms with van der Waals surface area (Å²) in [5, 5.41) is 10.6. The molecule has 4 rings (SSSR count). The van der Waals surface area contributed by atoms with Crippen LogP contribution in [-0.2, 0) is 0 Å². The van der Waals surface area contributed by atoms with Crippen LogP contribution in [0.2, 0.25) is 0 Å². The van der Waals surface area contributed by atoms with Gasteiger partial charge in [-0.2, -0.15) is 0 Å². The monoisotopic (exact) mass is 409 g/mol. The smallest absolute Gasteiger partial charge is 0.235 e. The van der Waals surface area contributed by atoms with Crippen LogP contribution in [0.25, 0.3) is 11.0 Å². The Morgan fingerprint density at radius 2 is 1.80 bits per heavy atom. The number of aliphatic hydroxyl groups is 1. The average Bonchev–Trinajstić information content (AvgIpc) is 3.21. The lowest BCUT2D eigenvalue weighted by Gasteiger charge is -2.19. The van der Waals surface area contributed by atoms with Gasteiger partial charge in [-0.05, 0) is 75.2 Å². The van der Waals surface area contributed by atoms with Crippen LogP contribution in [0, 0.1) is 13.8 Å². The van der Waals surface area contributed by atoms with Crippen molar-refractivity contribution in [3.05, 3.63) is 64.0 Å². The molecule has 0 amide bonds. The number of aliphatic hydroxyl groups excluding tert-OH is 1. The Morgan fingerprint density at radius 1 is 1.07 bits per heavy atom. The highest BCUT2D eigenvalue weighted by atomic mass is 16.5. The third kappa shape index (κ3) is 4.83. The van der Waals surface area contributed by atoms with Gasteiger partial charge in [0.2, 0.25) is 11.2 Å². The molecule has 6 heteroatoms. The summed E-state index contributed by atoms with van der Waals surface area (Å²) in [6.07, 6.45) is 3.15. The quantitative estimate of drug-likeness (QED) is 0.635. The van der Waals surface area contributed by atoms with Gasteiger partial charge in [-0.3, -0.25) is 4.79 Å². The molecule has 158 valence electrons. The van der Waals surface area contributed by atoms with E-state index in [1.807, 2.05) is 32.0 Å². The van der Waals surface area contributed by atoms with E-state index in [0.29, 0.717) is 29.0 Å². The van der Waals surface area contributed by atoms with Crippen molar-refractivity contribution < 1.29 is 19.0 Å². The van der Waals surface area contributed by atoms with Gasteiger partial charge >= 0.3 is 0 Å². The molecule has 3 aromatic rings. The highest BCUT2D eigenvalue weighted by Gasteiger charge is 2.16. The SMILES string of the molecule is Cc1cc(C)cc(Oc2coc3cc(OCC(O)CN4CCCC4)ccc3c2=O)c1. The Bertz CT molecular complexity index is 1060. The first kappa shape index (κ1) is 20.4. The van der Waals surface area contributed by atoms with E-state index in [1.54, 1.807) is 18.2 Å². The molecule has 1 atom stereocenters. The Hall–Kier alpha value is -2.83. The molecule has 0 spiro atoms. The van der Waals surface area contributed by atoms with E-state index in [1.165, 1.54) is 19.1 Å². The molecule has 1 aliphatic rings. The highest BCUT2D eigenvalue weighted by Crippen LogP contribution is 2.25. The van der Waals surface area contributed by atoms with Crippen LogP contribution >= 0.6 is 0 Å². The third-order valence-corrected chi connectivity index (χ3v) is 5.25. The zero-order valence-electron chi connectivity index (χ0n) is 17.4. The molecule has 30 heavy (non-hydrogen) atoms. The fourth-order valence-electron chi connectivity index (χ4n) is 3.88. The van der Waals surface area contributed by atoms with Gasteiger partial charge < -0.3 is 23.9 Å². The molecule has 0 radical (unpaired) electrons. The molecule has 0 aliphatic carbocycles. The molecule has 1 fully saturated rings. The fraction of sp³-hybridized carbons (Fsp3) is 0.375. The first-order valence-electron chi connectivity index (χ1n) is 10.3. The van der Waals surface area contributed by atoms with Gasteiger partial charge in [0.25, 0.3) is 0 Å². The second-order valence-corrected chi connectivity index (χ2v) is 7.99. The fourth-order valence-corrected chi connectivity index (χ4v) is 3.88. The van der Waals surface area contributed by atoms with Crippen molar-refractivity contribution in [2.24, 2.45) is 0 Å². The molecule has 0 bridgehead atoms. The van der Waals surface area contributed by atoms with E-state index < -0.39 is 6.10 Å². The number of ether oxygens (including phenoxy) is 2. The minimum atomic E-state index is -0.556. The average molecular weight is 409 g/mol. The maximum Gasteiger partial charge on any atom is 0.235 e. The lowest BCUT2D eigenvalue weighted by atomic mass is 10.1. The van der Waals surface area contributed by atoms with Crippen LogP contribution in [0.5, 0.6) is 17.2 Å².